The molecule has 1 aromatic carbocycles. The molecule has 3 nitrogen and oxygen atoms in total. The number of rotatable bonds is 1. The van der Waals surface area contributed by atoms with Crippen molar-refractivity contribution in [1.82, 2.24) is 15.1 Å². The maximum Gasteiger partial charge on any atom is 0.416 e. The van der Waals surface area contributed by atoms with Crippen LogP contribution >= 0.6 is 12.4 Å². The lowest BCUT2D eigenvalue weighted by molar-refractivity contribution is -0.137. The molecule has 0 saturated heterocycles. The molecule has 0 radical (unpaired) electrons. The SMILES string of the molecule is Cl.Cn1nc(-c2ccc(C(F)(F)F)cc2)c2c1CNC2. The van der Waals surface area contributed by atoms with Gasteiger partial charge in [-0.1, -0.05) is 12.1 Å². The molecule has 1 N–H and O–H groups in total. The number of nitrogens with zero attached hydrogens (tertiary/aromatic N) is 2. The van der Waals surface area contributed by atoms with Gasteiger partial charge in [-0.3, -0.25) is 4.68 Å². The smallest absolute Gasteiger partial charge is 0.307 e. The first-order valence-electron chi connectivity index (χ1n) is 5.90. The average molecular weight is 304 g/mol. The zero-order valence-electron chi connectivity index (χ0n) is 10.7. The van der Waals surface area contributed by atoms with Gasteiger partial charge in [-0.05, 0) is 12.1 Å². The molecule has 0 saturated carbocycles. The molecule has 0 bridgehead atoms. The minimum Gasteiger partial charge on any atom is -0.307 e. The Kier molecular flexibility index (Phi) is 3.80. The first-order chi connectivity index (χ1) is 8.97. The first kappa shape index (κ1) is 14.9. The molecular formula is C13H13ClF3N3. The Balaban J connectivity index is 0.00000147. The molecular weight excluding hydrogens is 291 g/mol. The maximum absolute atomic E-state index is 12.5. The van der Waals surface area contributed by atoms with Gasteiger partial charge in [0.2, 0.25) is 0 Å². The standard InChI is InChI=1S/C13H12F3N3.ClH/c1-19-11-7-17-6-10(11)12(18-19)8-2-4-9(5-3-8)13(14,15)16;/h2-5,17H,6-7H2,1H3;1H. The van der Waals surface area contributed by atoms with Crippen LogP contribution in [0, 0.1) is 0 Å². The molecule has 1 aliphatic rings. The lowest BCUT2D eigenvalue weighted by Crippen LogP contribution is -2.06. The molecule has 2 heterocycles. The lowest BCUT2D eigenvalue weighted by atomic mass is 10.1. The number of benzene rings is 1. The number of alkyl halides is 3. The molecule has 20 heavy (non-hydrogen) atoms. The summed E-state index contributed by atoms with van der Waals surface area (Å²) in [6.07, 6.45) is -4.30. The van der Waals surface area contributed by atoms with E-state index < -0.39 is 11.7 Å². The number of aromatic nitrogens is 2. The van der Waals surface area contributed by atoms with Crippen molar-refractivity contribution < 1.29 is 13.2 Å². The summed E-state index contributed by atoms with van der Waals surface area (Å²) in [5, 5.41) is 7.60. The van der Waals surface area contributed by atoms with Crippen molar-refractivity contribution >= 4 is 12.4 Å². The molecule has 0 atom stereocenters. The van der Waals surface area contributed by atoms with Crippen LogP contribution < -0.4 is 5.32 Å². The predicted molar refractivity (Wildman–Crippen MR) is 71.4 cm³/mol. The van der Waals surface area contributed by atoms with Crippen LogP contribution in [0.1, 0.15) is 16.8 Å². The highest BCUT2D eigenvalue weighted by atomic mass is 35.5. The van der Waals surface area contributed by atoms with Gasteiger partial charge < -0.3 is 5.32 Å². The summed E-state index contributed by atoms with van der Waals surface area (Å²) in [4.78, 5) is 0. The van der Waals surface area contributed by atoms with Crippen LogP contribution in [0.5, 0.6) is 0 Å². The van der Waals surface area contributed by atoms with E-state index in [1.807, 2.05) is 7.05 Å². The van der Waals surface area contributed by atoms with E-state index in [0.29, 0.717) is 12.1 Å². The topological polar surface area (TPSA) is 29.9 Å². The van der Waals surface area contributed by atoms with E-state index in [9.17, 15) is 13.2 Å². The van der Waals surface area contributed by atoms with Crippen molar-refractivity contribution in [3.63, 3.8) is 0 Å². The molecule has 108 valence electrons. The van der Waals surface area contributed by atoms with E-state index in [0.717, 1.165) is 35.6 Å². The minimum absolute atomic E-state index is 0. The van der Waals surface area contributed by atoms with Crippen LogP contribution in [0.3, 0.4) is 0 Å². The largest absolute Gasteiger partial charge is 0.416 e. The summed E-state index contributed by atoms with van der Waals surface area (Å²) in [6, 6.07) is 5.14. The molecule has 7 heteroatoms. The second-order valence-electron chi connectivity index (χ2n) is 4.58. The second kappa shape index (κ2) is 5.10. The average Bonchev–Trinajstić information content (AvgIpc) is 2.93. The first-order valence-corrected chi connectivity index (χ1v) is 5.90. The van der Waals surface area contributed by atoms with Crippen molar-refractivity contribution in [1.29, 1.82) is 0 Å². The molecule has 2 aromatic rings. The van der Waals surface area contributed by atoms with Gasteiger partial charge in [-0.2, -0.15) is 18.3 Å². The van der Waals surface area contributed by atoms with E-state index in [1.54, 1.807) is 4.68 Å². The number of fused-ring (bicyclic) bond motifs is 1. The molecule has 3 rings (SSSR count). The van der Waals surface area contributed by atoms with Crippen molar-refractivity contribution in [3.8, 4) is 11.3 Å². The number of halogens is 4. The minimum atomic E-state index is -4.30. The van der Waals surface area contributed by atoms with Crippen molar-refractivity contribution in [3.05, 3.63) is 41.1 Å². The maximum atomic E-state index is 12.5. The van der Waals surface area contributed by atoms with Crippen LogP contribution in [-0.2, 0) is 26.3 Å². The van der Waals surface area contributed by atoms with Crippen molar-refractivity contribution in [2.24, 2.45) is 7.05 Å². The molecule has 1 aliphatic heterocycles. The highest BCUT2D eigenvalue weighted by molar-refractivity contribution is 5.85. The van der Waals surface area contributed by atoms with Crippen LogP contribution in [0.15, 0.2) is 24.3 Å². The van der Waals surface area contributed by atoms with Crippen molar-refractivity contribution in [2.45, 2.75) is 19.3 Å². The highest BCUT2D eigenvalue weighted by Crippen LogP contribution is 2.32. The molecule has 0 amide bonds. The number of aryl methyl sites for hydroxylation is 1. The van der Waals surface area contributed by atoms with Crippen LogP contribution in [-0.4, -0.2) is 9.78 Å². The molecule has 0 unspecified atom stereocenters. The number of nitrogens with one attached hydrogen (secondary N) is 1. The molecule has 0 fully saturated rings. The van der Waals surface area contributed by atoms with Gasteiger partial charge in [0.05, 0.1) is 17.0 Å². The van der Waals surface area contributed by atoms with E-state index >= 15 is 0 Å². The summed E-state index contributed by atoms with van der Waals surface area (Å²) in [7, 11) is 1.85. The zero-order chi connectivity index (χ0) is 13.6. The van der Waals surface area contributed by atoms with Crippen LogP contribution in [0.25, 0.3) is 11.3 Å². The number of hydrogen-bond donors (Lipinski definition) is 1. The fourth-order valence-electron chi connectivity index (χ4n) is 2.36. The molecule has 0 aliphatic carbocycles. The third-order valence-corrected chi connectivity index (χ3v) is 3.35. The van der Waals surface area contributed by atoms with Crippen molar-refractivity contribution in [2.75, 3.05) is 0 Å². The monoisotopic (exact) mass is 303 g/mol. The second-order valence-corrected chi connectivity index (χ2v) is 4.58. The Hall–Kier alpha value is -1.53. The number of hydrogen-bond acceptors (Lipinski definition) is 2. The Labute approximate surface area is 120 Å². The Morgan fingerprint density at radius 2 is 1.80 bits per heavy atom. The fraction of sp³-hybridized carbons (Fsp3) is 0.308. The van der Waals surface area contributed by atoms with Crippen LogP contribution in [0.4, 0.5) is 13.2 Å². The predicted octanol–water partition coefficient (Wildman–Crippen LogP) is 3.13. The normalized spacial score (nSPS) is 14.0. The molecule has 1 aromatic heterocycles. The van der Waals surface area contributed by atoms with Crippen LogP contribution in [0.2, 0.25) is 0 Å². The summed E-state index contributed by atoms with van der Waals surface area (Å²) in [5.74, 6) is 0. The summed E-state index contributed by atoms with van der Waals surface area (Å²) in [5.41, 5.74) is 3.00. The quantitative estimate of drug-likeness (QED) is 0.877. The summed E-state index contributed by atoms with van der Waals surface area (Å²) < 4.78 is 39.3. The zero-order valence-corrected chi connectivity index (χ0v) is 11.5. The molecule has 0 spiro atoms. The Morgan fingerprint density at radius 3 is 2.40 bits per heavy atom. The third-order valence-electron chi connectivity index (χ3n) is 3.35. The van der Waals surface area contributed by atoms with Gasteiger partial charge in [0.15, 0.2) is 0 Å². The Bertz CT molecular complexity index is 617. The Morgan fingerprint density at radius 1 is 1.15 bits per heavy atom. The van der Waals surface area contributed by atoms with Gasteiger partial charge in [0.25, 0.3) is 0 Å². The summed E-state index contributed by atoms with van der Waals surface area (Å²) in [6.45, 7) is 1.46. The van der Waals surface area contributed by atoms with Gasteiger partial charge in [-0.15, -0.1) is 12.4 Å². The lowest BCUT2D eigenvalue weighted by Gasteiger charge is -2.07. The van der Waals surface area contributed by atoms with E-state index in [2.05, 4.69) is 10.4 Å². The highest BCUT2D eigenvalue weighted by Gasteiger charge is 2.30. The van der Waals surface area contributed by atoms with Gasteiger partial charge in [-0.25, -0.2) is 0 Å². The summed E-state index contributed by atoms with van der Waals surface area (Å²) >= 11 is 0. The van der Waals surface area contributed by atoms with E-state index in [-0.39, 0.29) is 12.4 Å². The third kappa shape index (κ3) is 2.41. The van der Waals surface area contributed by atoms with Gasteiger partial charge in [0.1, 0.15) is 0 Å². The van der Waals surface area contributed by atoms with Gasteiger partial charge in [0, 0.05) is 31.3 Å². The fourth-order valence-corrected chi connectivity index (χ4v) is 2.36. The van der Waals surface area contributed by atoms with E-state index in [1.165, 1.54) is 12.1 Å². The van der Waals surface area contributed by atoms with Gasteiger partial charge >= 0.3 is 6.18 Å². The van der Waals surface area contributed by atoms with E-state index in [4.69, 9.17) is 0 Å².